The predicted octanol–water partition coefficient (Wildman–Crippen LogP) is 5.26. The van der Waals surface area contributed by atoms with Gasteiger partial charge in [-0.1, -0.05) is 18.7 Å². The maximum absolute atomic E-state index is 16.2. The van der Waals surface area contributed by atoms with Crippen LogP contribution in [0.3, 0.4) is 0 Å². The lowest BCUT2D eigenvalue weighted by Crippen LogP contribution is -2.47. The molecule has 4 aromatic rings. The highest BCUT2D eigenvalue weighted by atomic mass is 19.1. The Morgan fingerprint density at radius 3 is 2.61 bits per heavy atom. The summed E-state index contributed by atoms with van der Waals surface area (Å²) in [7, 11) is 5.14. The number of hydrogen-bond acceptors (Lipinski definition) is 7. The van der Waals surface area contributed by atoms with Crippen LogP contribution in [-0.4, -0.2) is 83.4 Å². The summed E-state index contributed by atoms with van der Waals surface area (Å²) in [6.07, 6.45) is 4.14. The molecule has 1 N–H and O–H groups in total. The first-order valence-corrected chi connectivity index (χ1v) is 17.4. The van der Waals surface area contributed by atoms with Crippen LogP contribution in [-0.2, 0) is 46.7 Å². The van der Waals surface area contributed by atoms with E-state index in [1.54, 1.807) is 11.9 Å². The molecule has 0 fully saturated rings. The van der Waals surface area contributed by atoms with Crippen molar-refractivity contribution in [3.8, 4) is 39.5 Å². The van der Waals surface area contributed by atoms with Crippen LogP contribution in [0.5, 0.6) is 5.75 Å². The van der Waals surface area contributed by atoms with Crippen molar-refractivity contribution in [2.45, 2.75) is 57.8 Å². The van der Waals surface area contributed by atoms with Crippen molar-refractivity contribution in [1.29, 1.82) is 0 Å². The van der Waals surface area contributed by atoms with Crippen molar-refractivity contribution >= 4 is 11.8 Å². The number of fused-ring (bicyclic) bond motifs is 3. The van der Waals surface area contributed by atoms with Gasteiger partial charge in [0.05, 0.1) is 47.9 Å². The molecule has 1 aliphatic carbocycles. The zero-order valence-corrected chi connectivity index (χ0v) is 29.4. The number of halogens is 2. The topological polar surface area (TPSA) is 102 Å². The number of rotatable bonds is 9. The molecule has 2 unspecified atom stereocenters. The highest BCUT2D eigenvalue weighted by molar-refractivity contribution is 5.90. The molecule has 0 radical (unpaired) electrons. The van der Waals surface area contributed by atoms with Crippen molar-refractivity contribution in [2.75, 3.05) is 41.0 Å². The molecule has 2 amide bonds. The predicted molar refractivity (Wildman–Crippen MR) is 189 cm³/mol. The van der Waals surface area contributed by atoms with Gasteiger partial charge in [-0.2, -0.15) is 5.10 Å². The monoisotopic (exact) mass is 696 g/mol. The summed E-state index contributed by atoms with van der Waals surface area (Å²) in [4.78, 5) is 34.4. The van der Waals surface area contributed by atoms with Gasteiger partial charge in [-0.3, -0.25) is 19.2 Å². The van der Waals surface area contributed by atoms with Gasteiger partial charge in [0, 0.05) is 50.5 Å². The van der Waals surface area contributed by atoms with Crippen LogP contribution in [0, 0.1) is 11.6 Å². The Balaban J connectivity index is 1.43. The number of nitrogens with one attached hydrogen (secondary N) is 1. The van der Waals surface area contributed by atoms with Gasteiger partial charge in [-0.15, -0.1) is 0 Å². The SMILES string of the molecule is C=CC(=O)N1CCn2nc(-c3nc(-c4ccc5c(c4)CN(C)C(C(=O)NC)C5)c4c(c3-c3c(F)cc(F)cc3OCCOC)CCC4)cc2C1C. The summed E-state index contributed by atoms with van der Waals surface area (Å²) < 4.78 is 44.0. The molecule has 12 heteroatoms. The van der Waals surface area contributed by atoms with Crippen molar-refractivity contribution in [3.05, 3.63) is 88.6 Å². The molecule has 266 valence electrons. The van der Waals surface area contributed by atoms with E-state index in [1.807, 2.05) is 30.8 Å². The Hall–Kier alpha value is -4.94. The lowest BCUT2D eigenvalue weighted by atomic mass is 9.88. The zero-order chi connectivity index (χ0) is 36.0. The molecule has 10 nitrogen and oxygen atoms in total. The van der Waals surface area contributed by atoms with Gasteiger partial charge in [0.2, 0.25) is 11.8 Å². The number of methoxy groups -OCH3 is 1. The summed E-state index contributed by atoms with van der Waals surface area (Å²) in [5, 5.41) is 7.77. The van der Waals surface area contributed by atoms with Crippen molar-refractivity contribution in [2.24, 2.45) is 0 Å². The van der Waals surface area contributed by atoms with Crippen LogP contribution in [0.1, 0.15) is 47.3 Å². The van der Waals surface area contributed by atoms with E-state index in [0.29, 0.717) is 49.4 Å². The molecule has 7 rings (SSSR count). The van der Waals surface area contributed by atoms with E-state index in [0.717, 1.165) is 58.1 Å². The second kappa shape index (κ2) is 14.0. The molecule has 4 heterocycles. The molecule has 2 aromatic heterocycles. The number of benzene rings is 2. The maximum Gasteiger partial charge on any atom is 0.246 e. The summed E-state index contributed by atoms with van der Waals surface area (Å²) >= 11 is 0. The Labute approximate surface area is 296 Å². The fourth-order valence-electron chi connectivity index (χ4n) is 7.85. The summed E-state index contributed by atoms with van der Waals surface area (Å²) in [6, 6.07) is 9.74. The second-order valence-electron chi connectivity index (χ2n) is 13.4. The number of likely N-dealkylation sites (N-methyl/N-ethyl adjacent to an activating group) is 2. The number of aromatic nitrogens is 3. The number of pyridine rings is 1. The van der Waals surface area contributed by atoms with E-state index in [9.17, 15) is 14.0 Å². The molecule has 0 spiro atoms. The van der Waals surface area contributed by atoms with Gasteiger partial charge in [0.15, 0.2) is 0 Å². The van der Waals surface area contributed by atoms with Crippen LogP contribution in [0.15, 0.2) is 49.1 Å². The molecule has 0 saturated heterocycles. The van der Waals surface area contributed by atoms with Gasteiger partial charge in [0.1, 0.15) is 29.7 Å². The van der Waals surface area contributed by atoms with E-state index in [4.69, 9.17) is 19.6 Å². The van der Waals surface area contributed by atoms with Crippen molar-refractivity contribution in [1.82, 2.24) is 29.9 Å². The average molecular weight is 697 g/mol. The van der Waals surface area contributed by atoms with E-state index in [2.05, 4.69) is 28.9 Å². The summed E-state index contributed by atoms with van der Waals surface area (Å²) in [5.41, 5.74) is 8.33. The summed E-state index contributed by atoms with van der Waals surface area (Å²) in [5.74, 6) is -1.62. The van der Waals surface area contributed by atoms with Gasteiger partial charge in [-0.05, 0) is 80.1 Å². The smallest absolute Gasteiger partial charge is 0.246 e. The number of ether oxygens (including phenoxy) is 2. The number of carbonyl (C=O) groups excluding carboxylic acids is 2. The van der Waals surface area contributed by atoms with E-state index >= 15 is 4.39 Å². The fraction of sp³-hybridized carbons (Fsp3) is 0.385. The van der Waals surface area contributed by atoms with Crippen molar-refractivity contribution in [3.63, 3.8) is 0 Å². The lowest BCUT2D eigenvalue weighted by Gasteiger charge is -2.33. The standard InChI is InChI=1S/C39H42F2N6O4/c1-6-34(48)46-12-13-47-31(22(46)2)20-30(44-47)38-35(36-29(41)18-26(40)19-33(36)51-15-14-50-5)27-8-7-9-28(27)37(43-38)24-11-10-23-17-32(39(49)42-3)45(4)21-25(23)16-24/h6,10-11,16,18-20,22,32H,1,7-9,12-15,17,21H2,2-5H3,(H,42,49). The molecule has 2 aromatic carbocycles. The fourth-order valence-corrected chi connectivity index (χ4v) is 7.85. The summed E-state index contributed by atoms with van der Waals surface area (Å²) in [6.45, 7) is 7.48. The molecule has 2 aliphatic heterocycles. The first kappa shape index (κ1) is 34.5. The Bertz CT molecular complexity index is 2040. The number of carbonyl (C=O) groups is 2. The first-order valence-electron chi connectivity index (χ1n) is 17.4. The molecule has 51 heavy (non-hydrogen) atoms. The Morgan fingerprint density at radius 2 is 1.84 bits per heavy atom. The molecule has 0 saturated carbocycles. The van der Waals surface area contributed by atoms with Crippen LogP contribution in [0.25, 0.3) is 33.8 Å². The quantitative estimate of drug-likeness (QED) is 0.188. The third-order valence-corrected chi connectivity index (χ3v) is 10.4. The molecule has 3 aliphatic rings. The van der Waals surface area contributed by atoms with Gasteiger partial charge >= 0.3 is 0 Å². The zero-order valence-electron chi connectivity index (χ0n) is 29.4. The third kappa shape index (κ3) is 6.20. The van der Waals surface area contributed by atoms with Crippen LogP contribution < -0.4 is 10.1 Å². The Kier molecular flexibility index (Phi) is 9.47. The normalized spacial score (nSPS) is 18.2. The first-order chi connectivity index (χ1) is 24.6. The average Bonchev–Trinajstić information content (AvgIpc) is 3.79. The number of hydrogen-bond donors (Lipinski definition) is 1. The van der Waals surface area contributed by atoms with Crippen molar-refractivity contribution < 1.29 is 27.8 Å². The van der Waals surface area contributed by atoms with Gasteiger partial charge in [0.25, 0.3) is 0 Å². The molecule has 2 atom stereocenters. The van der Waals surface area contributed by atoms with Gasteiger partial charge in [-0.25, -0.2) is 13.8 Å². The minimum absolute atomic E-state index is 0.0143. The molecule has 0 bridgehead atoms. The highest BCUT2D eigenvalue weighted by Crippen LogP contribution is 2.47. The van der Waals surface area contributed by atoms with Gasteiger partial charge < -0.3 is 19.7 Å². The third-order valence-electron chi connectivity index (χ3n) is 10.4. The number of amides is 2. The van der Waals surface area contributed by atoms with E-state index in [-0.39, 0.29) is 48.4 Å². The van der Waals surface area contributed by atoms with E-state index in [1.165, 1.54) is 19.3 Å². The number of nitrogens with zero attached hydrogens (tertiary/aromatic N) is 5. The highest BCUT2D eigenvalue weighted by Gasteiger charge is 2.34. The van der Waals surface area contributed by atoms with Crippen LogP contribution >= 0.6 is 0 Å². The minimum atomic E-state index is -0.755. The largest absolute Gasteiger partial charge is 0.490 e. The van der Waals surface area contributed by atoms with Crippen LogP contribution in [0.4, 0.5) is 8.78 Å². The van der Waals surface area contributed by atoms with Crippen LogP contribution in [0.2, 0.25) is 0 Å². The second-order valence-corrected chi connectivity index (χ2v) is 13.4. The molecular weight excluding hydrogens is 654 g/mol. The minimum Gasteiger partial charge on any atom is -0.490 e. The maximum atomic E-state index is 16.2. The Morgan fingerprint density at radius 1 is 1.04 bits per heavy atom. The van der Waals surface area contributed by atoms with E-state index < -0.39 is 11.6 Å². The molecular formula is C39H42F2N6O4. The lowest BCUT2D eigenvalue weighted by molar-refractivity contribution is -0.129.